The first-order valence-electron chi connectivity index (χ1n) is 7.64. The first kappa shape index (κ1) is 16.0. The van der Waals surface area contributed by atoms with Gasteiger partial charge in [0, 0.05) is 23.7 Å². The summed E-state index contributed by atoms with van der Waals surface area (Å²) < 4.78 is 11.2. The molecule has 0 spiro atoms. The van der Waals surface area contributed by atoms with E-state index >= 15 is 0 Å². The quantitative estimate of drug-likeness (QED) is 0.865. The number of nitrogens with zero attached hydrogens (tertiary/aromatic N) is 2. The summed E-state index contributed by atoms with van der Waals surface area (Å²) in [5, 5.41) is 0.661. The lowest BCUT2D eigenvalue weighted by Gasteiger charge is -2.31. The lowest BCUT2D eigenvalue weighted by Crippen LogP contribution is -2.45. The van der Waals surface area contributed by atoms with Crippen LogP contribution in [0.1, 0.15) is 18.4 Å². The Morgan fingerprint density at radius 3 is 2.83 bits per heavy atom. The molecule has 1 amide bonds. The van der Waals surface area contributed by atoms with Crippen molar-refractivity contribution in [2.24, 2.45) is 0 Å². The summed E-state index contributed by atoms with van der Waals surface area (Å²) >= 11 is 5.89. The Morgan fingerprint density at radius 2 is 2.13 bits per heavy atom. The van der Waals surface area contributed by atoms with E-state index in [1.54, 1.807) is 12.1 Å². The zero-order valence-electron chi connectivity index (χ0n) is 13.2. The number of rotatable bonds is 3. The Labute approximate surface area is 140 Å². The van der Waals surface area contributed by atoms with E-state index in [0.717, 1.165) is 5.56 Å². The Kier molecular flexibility index (Phi) is 4.68. The zero-order valence-corrected chi connectivity index (χ0v) is 14.0. The van der Waals surface area contributed by atoms with E-state index in [4.69, 9.17) is 20.8 Å². The number of halogens is 1. The molecule has 5 nitrogen and oxygen atoms in total. The maximum Gasteiger partial charge on any atom is 0.228 e. The van der Waals surface area contributed by atoms with Gasteiger partial charge in [-0.3, -0.25) is 4.79 Å². The molecular formula is C17H19ClN2O3. The molecule has 2 aromatic rings. The average molecular weight is 335 g/mol. The highest BCUT2D eigenvalue weighted by atomic mass is 35.5. The standard InChI is InChI=1S/C17H19ClN2O3/c1-11-10-20(7-8-22-11)16(21)9-15-12(2)23-17(19-15)13-3-5-14(18)6-4-13/h3-6,11H,7-10H2,1-2H3. The Balaban J connectivity index is 1.73. The first-order valence-corrected chi connectivity index (χ1v) is 8.02. The molecule has 1 fully saturated rings. The van der Waals surface area contributed by atoms with Crippen LogP contribution in [0.3, 0.4) is 0 Å². The van der Waals surface area contributed by atoms with Gasteiger partial charge < -0.3 is 14.1 Å². The maximum atomic E-state index is 12.4. The Morgan fingerprint density at radius 1 is 1.39 bits per heavy atom. The summed E-state index contributed by atoms with van der Waals surface area (Å²) in [7, 11) is 0. The van der Waals surface area contributed by atoms with E-state index < -0.39 is 0 Å². The molecule has 1 unspecified atom stereocenters. The molecule has 122 valence electrons. The molecule has 23 heavy (non-hydrogen) atoms. The van der Waals surface area contributed by atoms with Gasteiger partial charge in [-0.2, -0.15) is 0 Å². The number of carbonyl (C=O) groups excluding carboxylic acids is 1. The maximum absolute atomic E-state index is 12.4. The third kappa shape index (κ3) is 3.74. The van der Waals surface area contributed by atoms with E-state index in [-0.39, 0.29) is 18.4 Å². The van der Waals surface area contributed by atoms with Crippen LogP contribution in [-0.2, 0) is 16.0 Å². The highest BCUT2D eigenvalue weighted by Crippen LogP contribution is 2.24. The van der Waals surface area contributed by atoms with Gasteiger partial charge in [-0.15, -0.1) is 0 Å². The number of carbonyl (C=O) groups is 1. The molecule has 1 atom stereocenters. The van der Waals surface area contributed by atoms with Gasteiger partial charge in [0.1, 0.15) is 5.76 Å². The number of hydrogen-bond acceptors (Lipinski definition) is 4. The third-order valence-corrected chi connectivity index (χ3v) is 4.15. The highest BCUT2D eigenvalue weighted by Gasteiger charge is 2.23. The van der Waals surface area contributed by atoms with Gasteiger partial charge in [-0.05, 0) is 38.1 Å². The number of morpholine rings is 1. The molecule has 0 saturated carbocycles. The normalized spacial score (nSPS) is 18.2. The number of amides is 1. The van der Waals surface area contributed by atoms with Crippen LogP contribution < -0.4 is 0 Å². The summed E-state index contributed by atoms with van der Waals surface area (Å²) in [5.74, 6) is 1.24. The predicted molar refractivity (Wildman–Crippen MR) is 87.4 cm³/mol. The van der Waals surface area contributed by atoms with Crippen LogP contribution in [-0.4, -0.2) is 41.6 Å². The fourth-order valence-electron chi connectivity index (χ4n) is 2.61. The largest absolute Gasteiger partial charge is 0.441 e. The fraction of sp³-hybridized carbons (Fsp3) is 0.412. The van der Waals surface area contributed by atoms with Crippen molar-refractivity contribution in [1.29, 1.82) is 0 Å². The number of aryl methyl sites for hydroxylation is 1. The summed E-state index contributed by atoms with van der Waals surface area (Å²) in [5.41, 5.74) is 1.52. The van der Waals surface area contributed by atoms with Gasteiger partial charge in [0.05, 0.1) is 24.8 Å². The minimum atomic E-state index is 0.0548. The number of hydrogen-bond donors (Lipinski definition) is 0. The molecule has 1 aromatic carbocycles. The van der Waals surface area contributed by atoms with Crippen molar-refractivity contribution in [3.8, 4) is 11.5 Å². The van der Waals surface area contributed by atoms with Crippen LogP contribution in [0.15, 0.2) is 28.7 Å². The summed E-state index contributed by atoms with van der Waals surface area (Å²) in [6, 6.07) is 7.28. The van der Waals surface area contributed by atoms with Crippen molar-refractivity contribution in [3.63, 3.8) is 0 Å². The van der Waals surface area contributed by atoms with Crippen LogP contribution in [0.25, 0.3) is 11.5 Å². The molecule has 2 heterocycles. The van der Waals surface area contributed by atoms with Gasteiger partial charge in [0.15, 0.2) is 0 Å². The summed E-state index contributed by atoms with van der Waals surface area (Å²) in [4.78, 5) is 18.7. The summed E-state index contributed by atoms with van der Waals surface area (Å²) in [6.07, 6.45) is 0.325. The summed E-state index contributed by atoms with van der Waals surface area (Å²) in [6.45, 7) is 5.64. The first-order chi connectivity index (χ1) is 11.0. The second kappa shape index (κ2) is 6.72. The van der Waals surface area contributed by atoms with Crippen molar-refractivity contribution in [2.45, 2.75) is 26.4 Å². The van der Waals surface area contributed by atoms with Crippen LogP contribution in [0, 0.1) is 6.92 Å². The van der Waals surface area contributed by atoms with E-state index in [2.05, 4.69) is 4.98 Å². The van der Waals surface area contributed by atoms with Crippen LogP contribution in [0.4, 0.5) is 0 Å². The lowest BCUT2D eigenvalue weighted by molar-refractivity contribution is -0.137. The van der Waals surface area contributed by atoms with Crippen LogP contribution >= 0.6 is 11.6 Å². The van der Waals surface area contributed by atoms with Crippen LogP contribution in [0.5, 0.6) is 0 Å². The molecule has 1 aliphatic rings. The third-order valence-electron chi connectivity index (χ3n) is 3.90. The van der Waals surface area contributed by atoms with Gasteiger partial charge in [0.25, 0.3) is 0 Å². The molecule has 0 radical (unpaired) electrons. The molecule has 0 N–H and O–H groups in total. The highest BCUT2D eigenvalue weighted by molar-refractivity contribution is 6.30. The monoisotopic (exact) mass is 334 g/mol. The number of oxazole rings is 1. The smallest absolute Gasteiger partial charge is 0.228 e. The Bertz CT molecular complexity index is 696. The zero-order chi connectivity index (χ0) is 16.4. The van der Waals surface area contributed by atoms with Gasteiger partial charge in [-0.1, -0.05) is 11.6 Å². The minimum absolute atomic E-state index is 0.0548. The minimum Gasteiger partial charge on any atom is -0.441 e. The molecule has 6 heteroatoms. The van der Waals surface area contributed by atoms with Crippen molar-refractivity contribution in [1.82, 2.24) is 9.88 Å². The van der Waals surface area contributed by atoms with Crippen molar-refractivity contribution in [3.05, 3.63) is 40.7 Å². The second-order valence-corrected chi connectivity index (χ2v) is 6.16. The number of ether oxygens (including phenoxy) is 1. The van der Waals surface area contributed by atoms with Crippen molar-refractivity contribution < 1.29 is 13.9 Å². The topological polar surface area (TPSA) is 55.6 Å². The number of benzene rings is 1. The van der Waals surface area contributed by atoms with Gasteiger partial charge >= 0.3 is 0 Å². The molecule has 1 saturated heterocycles. The second-order valence-electron chi connectivity index (χ2n) is 5.73. The van der Waals surface area contributed by atoms with Crippen molar-refractivity contribution >= 4 is 17.5 Å². The fourth-order valence-corrected chi connectivity index (χ4v) is 2.73. The SMILES string of the molecule is Cc1oc(-c2ccc(Cl)cc2)nc1CC(=O)N1CCOC(C)C1. The van der Waals surface area contributed by atoms with Crippen LogP contribution in [0.2, 0.25) is 5.02 Å². The average Bonchev–Trinajstić information content (AvgIpc) is 2.89. The predicted octanol–water partition coefficient (Wildman–Crippen LogP) is 3.09. The lowest BCUT2D eigenvalue weighted by atomic mass is 10.2. The molecule has 1 aliphatic heterocycles. The number of aromatic nitrogens is 1. The molecular weight excluding hydrogens is 316 g/mol. The molecule has 0 aliphatic carbocycles. The van der Waals surface area contributed by atoms with Crippen molar-refractivity contribution in [2.75, 3.05) is 19.7 Å². The van der Waals surface area contributed by atoms with Gasteiger partial charge in [-0.25, -0.2) is 4.98 Å². The van der Waals surface area contributed by atoms with E-state index in [9.17, 15) is 4.79 Å². The van der Waals surface area contributed by atoms with E-state index in [1.807, 2.05) is 30.9 Å². The molecule has 0 bridgehead atoms. The van der Waals surface area contributed by atoms with E-state index in [0.29, 0.717) is 42.1 Å². The molecule has 1 aromatic heterocycles. The van der Waals surface area contributed by atoms with Gasteiger partial charge in [0.2, 0.25) is 11.8 Å². The Hall–Kier alpha value is -1.85. The van der Waals surface area contributed by atoms with E-state index in [1.165, 1.54) is 0 Å². The molecule has 3 rings (SSSR count).